The largest absolute Gasteiger partial charge is 0.465 e. The molecule has 0 aliphatic carbocycles. The second-order valence-electron chi connectivity index (χ2n) is 9.42. The fourth-order valence-electron chi connectivity index (χ4n) is 4.99. The van der Waals surface area contributed by atoms with Gasteiger partial charge in [-0.15, -0.1) is 0 Å². The maximum atomic E-state index is 13.0. The summed E-state index contributed by atoms with van der Waals surface area (Å²) in [5, 5.41) is 18.2. The third kappa shape index (κ3) is 9.14. The molecule has 0 saturated carbocycles. The minimum absolute atomic E-state index is 0.0627. The Balaban J connectivity index is 1.56. The molecule has 2 aliphatic rings. The smallest absolute Gasteiger partial charge is 0.404 e. The number of nitrogens with zero attached hydrogens (tertiary/aromatic N) is 1. The minimum atomic E-state index is -1.08. The number of hydrogen-bond donors (Lipinski definition) is 4. The van der Waals surface area contributed by atoms with E-state index < -0.39 is 6.09 Å². The Kier molecular flexibility index (Phi) is 11.4. The molecule has 196 valence electrons. The van der Waals surface area contributed by atoms with E-state index in [-0.39, 0.29) is 37.2 Å². The number of hydrogen-bond acceptors (Lipinski definition) is 5. The molecule has 10 heteroatoms. The molecule has 2 saturated heterocycles. The Hall–Kier alpha value is -2.07. The lowest BCUT2D eigenvalue weighted by Gasteiger charge is -2.37. The summed E-state index contributed by atoms with van der Waals surface area (Å²) < 4.78 is 11.7. The van der Waals surface area contributed by atoms with Gasteiger partial charge in [0.1, 0.15) is 0 Å². The molecule has 2 heterocycles. The molecule has 1 unspecified atom stereocenters. The molecule has 0 aromatic heterocycles. The third-order valence-electron chi connectivity index (χ3n) is 6.81. The van der Waals surface area contributed by atoms with Crippen molar-refractivity contribution in [3.05, 3.63) is 34.9 Å². The predicted octanol–water partition coefficient (Wildman–Crippen LogP) is 3.49. The van der Waals surface area contributed by atoms with Crippen LogP contribution < -0.4 is 16.0 Å². The molecule has 2 fully saturated rings. The number of benzene rings is 1. The fraction of sp³-hybridized carbons (Fsp3) is 0.680. The van der Waals surface area contributed by atoms with Crippen LogP contribution in [0, 0.1) is 11.8 Å². The molecule has 4 atom stereocenters. The summed E-state index contributed by atoms with van der Waals surface area (Å²) >= 11 is 6.23. The first kappa shape index (κ1) is 27.5. The first-order chi connectivity index (χ1) is 17.0. The van der Waals surface area contributed by atoms with Crippen molar-refractivity contribution in [2.45, 2.75) is 44.2 Å². The van der Waals surface area contributed by atoms with E-state index in [0.717, 1.165) is 44.5 Å². The summed E-state index contributed by atoms with van der Waals surface area (Å²) in [6.45, 7) is 3.92. The third-order valence-corrected chi connectivity index (χ3v) is 7.04. The number of ether oxygens (including phenoxy) is 2. The summed E-state index contributed by atoms with van der Waals surface area (Å²) in [5.41, 5.74) is 0.935. The lowest BCUT2D eigenvalue weighted by atomic mass is 9.88. The molecule has 2 aliphatic heterocycles. The van der Waals surface area contributed by atoms with E-state index in [2.05, 4.69) is 16.0 Å². The molecule has 0 radical (unpaired) electrons. The lowest BCUT2D eigenvalue weighted by molar-refractivity contribution is -0.00837. The van der Waals surface area contributed by atoms with Gasteiger partial charge >= 0.3 is 12.1 Å². The van der Waals surface area contributed by atoms with Crippen molar-refractivity contribution in [3.63, 3.8) is 0 Å². The Morgan fingerprint density at radius 2 is 2.14 bits per heavy atom. The fourth-order valence-corrected chi connectivity index (χ4v) is 5.19. The lowest BCUT2D eigenvalue weighted by Crippen LogP contribution is -2.50. The molecule has 1 aromatic rings. The van der Waals surface area contributed by atoms with Gasteiger partial charge in [-0.25, -0.2) is 9.59 Å². The number of nitrogens with one attached hydrogen (secondary N) is 3. The minimum Gasteiger partial charge on any atom is -0.465 e. The maximum absolute atomic E-state index is 13.0. The van der Waals surface area contributed by atoms with E-state index in [9.17, 15) is 9.59 Å². The van der Waals surface area contributed by atoms with E-state index in [1.54, 1.807) is 0 Å². The molecule has 3 rings (SSSR count). The van der Waals surface area contributed by atoms with Gasteiger partial charge in [0.05, 0.1) is 12.7 Å². The van der Waals surface area contributed by atoms with Crippen molar-refractivity contribution in [1.29, 1.82) is 0 Å². The van der Waals surface area contributed by atoms with Crippen LogP contribution in [0.3, 0.4) is 0 Å². The maximum Gasteiger partial charge on any atom is 0.404 e. The summed E-state index contributed by atoms with van der Waals surface area (Å²) in [6.07, 6.45) is 3.68. The van der Waals surface area contributed by atoms with Gasteiger partial charge < -0.3 is 35.4 Å². The number of likely N-dealkylation sites (N-methyl/N-ethyl adjacent to an activating group) is 1. The average molecular weight is 511 g/mol. The van der Waals surface area contributed by atoms with Crippen molar-refractivity contribution in [1.82, 2.24) is 20.9 Å². The van der Waals surface area contributed by atoms with Gasteiger partial charge in [0.2, 0.25) is 0 Å². The quantitative estimate of drug-likeness (QED) is 0.339. The van der Waals surface area contributed by atoms with Crippen LogP contribution in [0.15, 0.2) is 24.3 Å². The Morgan fingerprint density at radius 1 is 1.29 bits per heavy atom. The molecule has 1 aromatic carbocycles. The molecule has 4 N–H and O–H groups in total. The standard InChI is InChI=1S/C25H39ClN4O5/c1-27-22(13-18-5-4-11-34-17-18)15-29-24(31)30-10-3-7-20(16-30)23(35-12-9-28-25(32)33)19-6-2-8-21(26)14-19/h2,6,8,14,18,20,22-23,27-28H,3-5,7,9-13,15-17H2,1H3,(H,29,31)(H,32,33)/t18-,20-,22-,23?/m1/s1. The van der Waals surface area contributed by atoms with Crippen LogP contribution in [0.1, 0.15) is 43.8 Å². The zero-order valence-electron chi connectivity index (χ0n) is 20.5. The Morgan fingerprint density at radius 3 is 2.86 bits per heavy atom. The van der Waals surface area contributed by atoms with Crippen molar-refractivity contribution < 1.29 is 24.2 Å². The number of carbonyl (C=O) groups excluding carboxylic acids is 1. The van der Waals surface area contributed by atoms with Crippen molar-refractivity contribution in [2.75, 3.05) is 53.0 Å². The normalized spacial score (nSPS) is 22.3. The van der Waals surface area contributed by atoms with Crippen molar-refractivity contribution >= 4 is 23.7 Å². The molecule has 9 nitrogen and oxygen atoms in total. The SMILES string of the molecule is CN[C@@H](CNC(=O)N1CCC[C@@H](C(OCCNC(=O)O)c2cccc(Cl)c2)C1)C[C@H]1CCCOC1. The number of likely N-dealkylation sites (tertiary alicyclic amines) is 1. The van der Waals surface area contributed by atoms with Crippen molar-refractivity contribution in [3.8, 4) is 0 Å². The van der Waals surface area contributed by atoms with E-state index in [1.165, 1.54) is 6.42 Å². The zero-order valence-corrected chi connectivity index (χ0v) is 21.3. The van der Waals surface area contributed by atoms with Crippen LogP contribution in [0.5, 0.6) is 0 Å². The highest BCUT2D eigenvalue weighted by Crippen LogP contribution is 2.34. The molecule has 0 bridgehead atoms. The van der Waals surface area contributed by atoms with Gasteiger partial charge in [-0.2, -0.15) is 0 Å². The average Bonchev–Trinajstić information content (AvgIpc) is 2.87. The first-order valence-electron chi connectivity index (χ1n) is 12.6. The number of piperidine rings is 1. The molecule has 0 spiro atoms. The predicted molar refractivity (Wildman–Crippen MR) is 135 cm³/mol. The summed E-state index contributed by atoms with van der Waals surface area (Å²) in [5.74, 6) is 0.612. The van der Waals surface area contributed by atoms with Crippen LogP contribution in [0.25, 0.3) is 0 Å². The summed E-state index contributed by atoms with van der Waals surface area (Å²) in [7, 11) is 1.93. The number of urea groups is 1. The topological polar surface area (TPSA) is 112 Å². The number of carboxylic acid groups (broad SMARTS) is 1. The second-order valence-corrected chi connectivity index (χ2v) is 9.85. The van der Waals surface area contributed by atoms with Crippen LogP contribution in [-0.4, -0.2) is 81.2 Å². The monoisotopic (exact) mass is 510 g/mol. The number of halogens is 1. The van der Waals surface area contributed by atoms with E-state index in [1.807, 2.05) is 36.2 Å². The summed E-state index contributed by atoms with van der Waals surface area (Å²) in [4.78, 5) is 25.7. The Labute approximate surface area is 212 Å². The van der Waals surface area contributed by atoms with Gasteiger partial charge in [-0.1, -0.05) is 23.7 Å². The second kappa shape index (κ2) is 14.5. The van der Waals surface area contributed by atoms with Crippen LogP contribution in [0.2, 0.25) is 5.02 Å². The first-order valence-corrected chi connectivity index (χ1v) is 13.0. The highest BCUT2D eigenvalue weighted by molar-refractivity contribution is 6.30. The van der Waals surface area contributed by atoms with Crippen LogP contribution in [0.4, 0.5) is 9.59 Å². The van der Waals surface area contributed by atoms with E-state index in [0.29, 0.717) is 30.6 Å². The van der Waals surface area contributed by atoms with Gasteiger partial charge in [0.15, 0.2) is 0 Å². The molecule has 35 heavy (non-hydrogen) atoms. The zero-order chi connectivity index (χ0) is 25.0. The highest BCUT2D eigenvalue weighted by Gasteiger charge is 2.31. The summed E-state index contributed by atoms with van der Waals surface area (Å²) in [6, 6.07) is 7.68. The highest BCUT2D eigenvalue weighted by atomic mass is 35.5. The van der Waals surface area contributed by atoms with E-state index in [4.69, 9.17) is 26.2 Å². The van der Waals surface area contributed by atoms with Gasteiger partial charge in [0, 0.05) is 56.4 Å². The molecule has 3 amide bonds. The van der Waals surface area contributed by atoms with Crippen molar-refractivity contribution in [2.24, 2.45) is 11.8 Å². The van der Waals surface area contributed by atoms with Crippen LogP contribution >= 0.6 is 11.6 Å². The van der Waals surface area contributed by atoms with Crippen LogP contribution in [-0.2, 0) is 9.47 Å². The molecular weight excluding hydrogens is 472 g/mol. The number of rotatable bonds is 11. The number of carbonyl (C=O) groups is 2. The van der Waals surface area contributed by atoms with Gasteiger partial charge in [0.25, 0.3) is 0 Å². The Bertz CT molecular complexity index is 808. The number of amides is 3. The van der Waals surface area contributed by atoms with E-state index >= 15 is 0 Å². The molecular formula is C25H39ClN4O5. The van der Waals surface area contributed by atoms with Gasteiger partial charge in [-0.05, 0) is 62.8 Å². The van der Waals surface area contributed by atoms with Gasteiger partial charge in [-0.3, -0.25) is 0 Å².